The Bertz CT molecular complexity index is 1140. The van der Waals surface area contributed by atoms with E-state index in [0.29, 0.717) is 23.5 Å². The first kappa shape index (κ1) is 23.7. The zero-order chi connectivity index (χ0) is 24.3. The molecule has 1 aromatic carbocycles. The van der Waals surface area contributed by atoms with Gasteiger partial charge in [-0.05, 0) is 49.4 Å². The quantitative estimate of drug-likeness (QED) is 0.514. The summed E-state index contributed by atoms with van der Waals surface area (Å²) in [6.45, 7) is 4.65. The molecule has 0 radical (unpaired) electrons. The van der Waals surface area contributed by atoms with Gasteiger partial charge in [0.2, 0.25) is 5.88 Å². The number of alkyl halides is 3. The largest absolute Gasteiger partial charge is 0.475 e. The Balaban J connectivity index is 1.57. The Morgan fingerprint density at radius 2 is 1.88 bits per heavy atom. The molecular formula is C25H25F3N4O2. The Morgan fingerprint density at radius 1 is 1.12 bits per heavy atom. The molecule has 1 fully saturated rings. The monoisotopic (exact) mass is 470 g/mol. The third kappa shape index (κ3) is 5.03. The van der Waals surface area contributed by atoms with Crippen molar-refractivity contribution in [1.82, 2.24) is 19.9 Å². The van der Waals surface area contributed by atoms with Crippen LogP contribution in [0.2, 0.25) is 0 Å². The highest BCUT2D eigenvalue weighted by Gasteiger charge is 2.35. The van der Waals surface area contributed by atoms with Crippen LogP contribution in [0.15, 0.2) is 55.0 Å². The zero-order valence-corrected chi connectivity index (χ0v) is 18.9. The van der Waals surface area contributed by atoms with Crippen molar-refractivity contribution in [2.24, 2.45) is 5.92 Å². The van der Waals surface area contributed by atoms with Gasteiger partial charge >= 0.3 is 6.18 Å². The van der Waals surface area contributed by atoms with Gasteiger partial charge in [0.1, 0.15) is 6.61 Å². The molecule has 178 valence electrons. The number of hydrogen-bond acceptors (Lipinski definition) is 5. The van der Waals surface area contributed by atoms with E-state index in [0.717, 1.165) is 30.7 Å². The lowest BCUT2D eigenvalue weighted by molar-refractivity contribution is -0.137. The summed E-state index contributed by atoms with van der Waals surface area (Å²) in [6, 6.07) is 9.13. The number of amides is 1. The molecule has 0 spiro atoms. The third-order valence-electron chi connectivity index (χ3n) is 6.13. The van der Waals surface area contributed by atoms with Gasteiger partial charge < -0.3 is 9.64 Å². The van der Waals surface area contributed by atoms with Crippen LogP contribution >= 0.6 is 0 Å². The van der Waals surface area contributed by atoms with Crippen molar-refractivity contribution in [2.75, 3.05) is 13.2 Å². The summed E-state index contributed by atoms with van der Waals surface area (Å²) in [7, 11) is 0. The van der Waals surface area contributed by atoms with Crippen LogP contribution in [0.4, 0.5) is 13.2 Å². The fraction of sp³-hybridized carbons (Fsp3) is 0.360. The van der Waals surface area contributed by atoms with Crippen molar-refractivity contribution < 1.29 is 22.7 Å². The fourth-order valence-electron chi connectivity index (χ4n) is 4.29. The summed E-state index contributed by atoms with van der Waals surface area (Å²) >= 11 is 0. The van der Waals surface area contributed by atoms with Crippen LogP contribution in [0.25, 0.3) is 11.4 Å². The number of aryl methyl sites for hydroxylation is 1. The maximum atomic E-state index is 13.7. The number of nitrogens with zero attached hydrogens (tertiary/aromatic N) is 4. The average Bonchev–Trinajstić information content (AvgIpc) is 2.83. The number of halogens is 3. The second-order valence-electron chi connectivity index (χ2n) is 8.45. The summed E-state index contributed by atoms with van der Waals surface area (Å²) in [4.78, 5) is 28.0. The standard InChI is InChI=1S/C25H25F3N4O2/c1-16-7-4-13-32(20(16)15-34-21-10-9-18(14-31-21)25(26,27)28)24(33)19-8-3-6-17(2)22(19)23-29-11-5-12-30-23/h3,5-6,8-12,14,16,20H,4,7,13,15H2,1-2H3. The third-order valence-corrected chi connectivity index (χ3v) is 6.13. The van der Waals surface area contributed by atoms with Crippen LogP contribution in [-0.2, 0) is 6.18 Å². The Labute approximate surface area is 195 Å². The van der Waals surface area contributed by atoms with Crippen LogP contribution in [0.5, 0.6) is 5.88 Å². The van der Waals surface area contributed by atoms with Crippen molar-refractivity contribution >= 4 is 5.91 Å². The van der Waals surface area contributed by atoms with Gasteiger partial charge in [0.15, 0.2) is 5.82 Å². The van der Waals surface area contributed by atoms with Gasteiger partial charge in [0.25, 0.3) is 5.91 Å². The summed E-state index contributed by atoms with van der Waals surface area (Å²) < 4.78 is 44.1. The maximum Gasteiger partial charge on any atom is 0.417 e. The molecule has 2 aromatic heterocycles. The lowest BCUT2D eigenvalue weighted by Gasteiger charge is -2.40. The number of carbonyl (C=O) groups excluding carboxylic acids is 1. The molecule has 2 atom stereocenters. The maximum absolute atomic E-state index is 13.7. The number of pyridine rings is 1. The normalized spacial score (nSPS) is 18.6. The zero-order valence-electron chi connectivity index (χ0n) is 18.9. The van der Waals surface area contributed by atoms with Crippen LogP contribution in [0.1, 0.15) is 41.3 Å². The molecule has 2 unspecified atom stereocenters. The van der Waals surface area contributed by atoms with Crippen LogP contribution in [0.3, 0.4) is 0 Å². The highest BCUT2D eigenvalue weighted by Crippen LogP contribution is 2.31. The minimum absolute atomic E-state index is 0.0899. The number of aromatic nitrogens is 3. The lowest BCUT2D eigenvalue weighted by atomic mass is 9.90. The molecule has 1 amide bonds. The average molecular weight is 470 g/mol. The smallest absolute Gasteiger partial charge is 0.417 e. The molecule has 0 aliphatic carbocycles. The molecule has 1 saturated heterocycles. The van der Waals surface area contributed by atoms with Gasteiger partial charge in [0, 0.05) is 36.8 Å². The Kier molecular flexibility index (Phi) is 6.81. The second-order valence-corrected chi connectivity index (χ2v) is 8.45. The van der Waals surface area contributed by atoms with Gasteiger partial charge in [0.05, 0.1) is 17.2 Å². The van der Waals surface area contributed by atoms with E-state index in [1.807, 2.05) is 26.0 Å². The molecule has 1 aliphatic rings. The lowest BCUT2D eigenvalue weighted by Crippen LogP contribution is -2.50. The van der Waals surface area contributed by atoms with E-state index in [4.69, 9.17) is 4.74 Å². The fourth-order valence-corrected chi connectivity index (χ4v) is 4.29. The van der Waals surface area contributed by atoms with Crippen molar-refractivity contribution in [3.05, 3.63) is 71.7 Å². The molecule has 6 nitrogen and oxygen atoms in total. The van der Waals surface area contributed by atoms with E-state index >= 15 is 0 Å². The van der Waals surface area contributed by atoms with E-state index in [-0.39, 0.29) is 30.4 Å². The predicted molar refractivity (Wildman–Crippen MR) is 120 cm³/mol. The van der Waals surface area contributed by atoms with E-state index < -0.39 is 11.7 Å². The van der Waals surface area contributed by atoms with Gasteiger partial charge in [-0.15, -0.1) is 0 Å². The number of benzene rings is 1. The van der Waals surface area contributed by atoms with Crippen molar-refractivity contribution in [3.63, 3.8) is 0 Å². The molecular weight excluding hydrogens is 445 g/mol. The van der Waals surface area contributed by atoms with Crippen molar-refractivity contribution in [3.8, 4) is 17.3 Å². The van der Waals surface area contributed by atoms with Gasteiger partial charge in [-0.1, -0.05) is 19.1 Å². The van der Waals surface area contributed by atoms with Gasteiger partial charge in [-0.25, -0.2) is 15.0 Å². The first-order valence-electron chi connectivity index (χ1n) is 11.1. The van der Waals surface area contributed by atoms with Crippen LogP contribution < -0.4 is 4.74 Å². The Hall–Kier alpha value is -3.49. The number of carbonyl (C=O) groups is 1. The first-order chi connectivity index (χ1) is 16.3. The van der Waals surface area contributed by atoms with Gasteiger partial charge in [-0.3, -0.25) is 4.79 Å². The first-order valence-corrected chi connectivity index (χ1v) is 11.1. The Morgan fingerprint density at radius 3 is 2.56 bits per heavy atom. The topological polar surface area (TPSA) is 68.2 Å². The van der Waals surface area contributed by atoms with E-state index in [9.17, 15) is 18.0 Å². The second kappa shape index (κ2) is 9.79. The summed E-state index contributed by atoms with van der Waals surface area (Å²) in [5.74, 6) is 0.572. The molecule has 0 bridgehead atoms. The molecule has 0 N–H and O–H groups in total. The number of ether oxygens (including phenoxy) is 1. The van der Waals surface area contributed by atoms with E-state index in [1.165, 1.54) is 6.07 Å². The highest BCUT2D eigenvalue weighted by molar-refractivity contribution is 6.01. The van der Waals surface area contributed by atoms with Crippen molar-refractivity contribution in [2.45, 2.75) is 38.9 Å². The molecule has 1 aliphatic heterocycles. The molecule has 0 saturated carbocycles. The summed E-state index contributed by atoms with van der Waals surface area (Å²) in [6.07, 6.45) is 1.34. The van der Waals surface area contributed by atoms with Crippen molar-refractivity contribution in [1.29, 1.82) is 0 Å². The highest BCUT2D eigenvalue weighted by atomic mass is 19.4. The molecule has 3 aromatic rings. The minimum atomic E-state index is -4.46. The van der Waals surface area contributed by atoms with Gasteiger partial charge in [-0.2, -0.15) is 13.2 Å². The molecule has 34 heavy (non-hydrogen) atoms. The number of hydrogen-bond donors (Lipinski definition) is 0. The number of piperidine rings is 1. The van der Waals surface area contributed by atoms with Crippen LogP contribution in [-0.4, -0.2) is 45.0 Å². The molecule has 4 rings (SSSR count). The number of rotatable bonds is 5. The van der Waals surface area contributed by atoms with E-state index in [1.54, 1.807) is 29.4 Å². The SMILES string of the molecule is Cc1cccc(C(=O)N2CCCC(C)C2COc2ccc(C(F)(F)F)cn2)c1-c1ncccn1. The molecule has 3 heterocycles. The number of likely N-dealkylation sites (tertiary alicyclic amines) is 1. The predicted octanol–water partition coefficient (Wildman–Crippen LogP) is 5.19. The summed E-state index contributed by atoms with van der Waals surface area (Å²) in [5.41, 5.74) is 1.26. The molecule has 9 heteroatoms. The van der Waals surface area contributed by atoms with Crippen LogP contribution in [0, 0.1) is 12.8 Å². The minimum Gasteiger partial charge on any atom is -0.475 e. The summed E-state index contributed by atoms with van der Waals surface area (Å²) in [5, 5.41) is 0. The van der Waals surface area contributed by atoms with E-state index in [2.05, 4.69) is 15.0 Å².